The highest BCUT2D eigenvalue weighted by Gasteiger charge is 2.32. The Balaban J connectivity index is 4.09. The Kier molecular flexibility index (Phi) is 6.49. The lowest BCUT2D eigenvalue weighted by Gasteiger charge is -2.26. The number of rotatable bonds is 7. The number of hydrogen-bond donors (Lipinski definition) is 1. The van der Waals surface area contributed by atoms with Crippen LogP contribution in [0.4, 0.5) is 0 Å². The average molecular weight is 203 g/mol. The second kappa shape index (κ2) is 6.79. The van der Waals surface area contributed by atoms with Crippen molar-refractivity contribution in [2.24, 2.45) is 0 Å². The molecule has 0 aromatic carbocycles. The van der Waals surface area contributed by atoms with E-state index in [4.69, 9.17) is 9.47 Å². The van der Waals surface area contributed by atoms with E-state index in [1.807, 2.05) is 13.8 Å². The van der Waals surface area contributed by atoms with E-state index < -0.39 is 5.54 Å². The Labute approximate surface area is 86.0 Å². The van der Waals surface area contributed by atoms with Gasteiger partial charge in [0.25, 0.3) is 0 Å². The molecule has 0 aromatic rings. The number of nitrogens with one attached hydrogen (secondary N) is 1. The molecule has 4 heteroatoms. The molecule has 1 unspecified atom stereocenters. The van der Waals surface area contributed by atoms with Crippen LogP contribution in [0.5, 0.6) is 0 Å². The van der Waals surface area contributed by atoms with Crippen molar-refractivity contribution in [1.29, 1.82) is 0 Å². The summed E-state index contributed by atoms with van der Waals surface area (Å²) in [6.45, 7) is 7.20. The molecule has 0 amide bonds. The summed E-state index contributed by atoms with van der Waals surface area (Å²) in [7, 11) is 1.75. The fourth-order valence-electron chi connectivity index (χ4n) is 1.04. The number of ether oxygens (including phenoxy) is 2. The largest absolute Gasteiger partial charge is 0.465 e. The molecule has 0 aliphatic rings. The van der Waals surface area contributed by atoms with Crippen LogP contribution in [0.2, 0.25) is 0 Å². The third-order valence-corrected chi connectivity index (χ3v) is 2.23. The van der Waals surface area contributed by atoms with Crippen LogP contribution < -0.4 is 5.32 Å². The van der Waals surface area contributed by atoms with Gasteiger partial charge >= 0.3 is 5.97 Å². The zero-order chi connectivity index (χ0) is 11.0. The first-order chi connectivity index (χ1) is 6.60. The molecule has 0 spiro atoms. The number of carbonyl (C=O) groups excluding carboxylic acids is 1. The molecule has 84 valence electrons. The van der Waals surface area contributed by atoms with Crippen LogP contribution in [0, 0.1) is 0 Å². The Bertz CT molecular complexity index is 173. The van der Waals surface area contributed by atoms with E-state index in [9.17, 15) is 4.79 Å². The Hall–Kier alpha value is -0.610. The highest BCUT2D eigenvalue weighted by atomic mass is 16.5. The van der Waals surface area contributed by atoms with Gasteiger partial charge in [0.1, 0.15) is 5.54 Å². The van der Waals surface area contributed by atoms with Gasteiger partial charge in [-0.25, -0.2) is 0 Å². The molecule has 4 nitrogen and oxygen atoms in total. The molecule has 0 radical (unpaired) electrons. The summed E-state index contributed by atoms with van der Waals surface area (Å²) < 4.78 is 10.2. The molecule has 1 N–H and O–H groups in total. The Morgan fingerprint density at radius 3 is 2.43 bits per heavy atom. The molecule has 0 aliphatic heterocycles. The van der Waals surface area contributed by atoms with Gasteiger partial charge in [-0.15, -0.1) is 0 Å². The van der Waals surface area contributed by atoms with Crippen molar-refractivity contribution in [1.82, 2.24) is 5.32 Å². The maximum atomic E-state index is 11.5. The van der Waals surface area contributed by atoms with Gasteiger partial charge in [-0.1, -0.05) is 0 Å². The third-order valence-electron chi connectivity index (χ3n) is 2.23. The van der Waals surface area contributed by atoms with Crippen molar-refractivity contribution in [3.8, 4) is 0 Å². The molecule has 0 bridgehead atoms. The fourth-order valence-corrected chi connectivity index (χ4v) is 1.04. The summed E-state index contributed by atoms with van der Waals surface area (Å²) in [5.41, 5.74) is -0.634. The molecule has 0 saturated heterocycles. The summed E-state index contributed by atoms with van der Waals surface area (Å²) in [4.78, 5) is 11.5. The van der Waals surface area contributed by atoms with Crippen molar-refractivity contribution in [3.05, 3.63) is 0 Å². The number of esters is 1. The molecule has 0 aliphatic carbocycles. The van der Waals surface area contributed by atoms with Crippen LogP contribution in [-0.4, -0.2) is 38.4 Å². The van der Waals surface area contributed by atoms with Crippen LogP contribution in [0.3, 0.4) is 0 Å². The van der Waals surface area contributed by atoms with E-state index in [0.29, 0.717) is 26.2 Å². The Morgan fingerprint density at radius 2 is 2.00 bits per heavy atom. The minimum Gasteiger partial charge on any atom is -0.465 e. The quantitative estimate of drug-likeness (QED) is 0.494. The van der Waals surface area contributed by atoms with E-state index in [0.717, 1.165) is 0 Å². The molecule has 0 fully saturated rings. The lowest BCUT2D eigenvalue weighted by Crippen LogP contribution is -2.49. The summed E-state index contributed by atoms with van der Waals surface area (Å²) in [6.07, 6.45) is 0.621. The molecule has 0 rings (SSSR count). The minimum atomic E-state index is -0.634. The Morgan fingerprint density at radius 1 is 1.36 bits per heavy atom. The van der Waals surface area contributed by atoms with Crippen molar-refractivity contribution in [2.75, 3.05) is 26.9 Å². The molecular weight excluding hydrogens is 182 g/mol. The minimum absolute atomic E-state index is 0.220. The number of likely N-dealkylation sites (N-methyl/N-ethyl adjacent to an activating group) is 1. The van der Waals surface area contributed by atoms with E-state index in [-0.39, 0.29) is 5.97 Å². The first-order valence-electron chi connectivity index (χ1n) is 5.04. The van der Waals surface area contributed by atoms with Gasteiger partial charge in [0.05, 0.1) is 6.61 Å². The van der Waals surface area contributed by atoms with E-state index >= 15 is 0 Å². The van der Waals surface area contributed by atoms with Crippen molar-refractivity contribution in [3.63, 3.8) is 0 Å². The molecule has 0 heterocycles. The monoisotopic (exact) mass is 203 g/mol. The zero-order valence-electron chi connectivity index (χ0n) is 9.55. The molecule has 0 aromatic heterocycles. The molecular formula is C10H21NO3. The second-order valence-electron chi connectivity index (χ2n) is 3.25. The summed E-state index contributed by atoms with van der Waals surface area (Å²) >= 11 is 0. The standard InChI is InChI=1S/C10H21NO3/c1-5-13-8-7-10(3,11-4)9(12)14-6-2/h11H,5-8H2,1-4H3. The first-order valence-corrected chi connectivity index (χ1v) is 5.04. The average Bonchev–Trinajstić information content (AvgIpc) is 2.18. The fraction of sp³-hybridized carbons (Fsp3) is 0.900. The highest BCUT2D eigenvalue weighted by Crippen LogP contribution is 2.11. The van der Waals surface area contributed by atoms with Crippen molar-refractivity contribution >= 4 is 5.97 Å². The van der Waals surface area contributed by atoms with Gasteiger partial charge in [-0.3, -0.25) is 4.79 Å². The summed E-state index contributed by atoms with van der Waals surface area (Å²) in [6, 6.07) is 0. The maximum Gasteiger partial charge on any atom is 0.326 e. The molecule has 1 atom stereocenters. The maximum absolute atomic E-state index is 11.5. The van der Waals surface area contributed by atoms with Crippen LogP contribution in [0.25, 0.3) is 0 Å². The van der Waals surface area contributed by atoms with Crippen LogP contribution in [-0.2, 0) is 14.3 Å². The van der Waals surface area contributed by atoms with Crippen LogP contribution in [0.1, 0.15) is 27.2 Å². The van der Waals surface area contributed by atoms with Crippen LogP contribution in [0.15, 0.2) is 0 Å². The molecule has 14 heavy (non-hydrogen) atoms. The smallest absolute Gasteiger partial charge is 0.326 e. The van der Waals surface area contributed by atoms with Gasteiger partial charge in [0.2, 0.25) is 0 Å². The first kappa shape index (κ1) is 13.4. The highest BCUT2D eigenvalue weighted by molar-refractivity contribution is 5.80. The number of hydrogen-bond acceptors (Lipinski definition) is 4. The second-order valence-corrected chi connectivity index (χ2v) is 3.25. The van der Waals surface area contributed by atoms with Gasteiger partial charge in [0.15, 0.2) is 0 Å². The topological polar surface area (TPSA) is 47.6 Å². The normalized spacial score (nSPS) is 14.9. The van der Waals surface area contributed by atoms with E-state index in [1.165, 1.54) is 0 Å². The van der Waals surface area contributed by atoms with E-state index in [1.54, 1.807) is 14.0 Å². The predicted octanol–water partition coefficient (Wildman–Crippen LogP) is 0.954. The lowest BCUT2D eigenvalue weighted by atomic mass is 9.99. The van der Waals surface area contributed by atoms with Gasteiger partial charge in [0, 0.05) is 13.2 Å². The van der Waals surface area contributed by atoms with Gasteiger partial charge in [-0.05, 0) is 34.2 Å². The van der Waals surface area contributed by atoms with Crippen molar-refractivity contribution < 1.29 is 14.3 Å². The van der Waals surface area contributed by atoms with Crippen LogP contribution >= 0.6 is 0 Å². The molecule has 0 saturated carbocycles. The van der Waals surface area contributed by atoms with Gasteiger partial charge < -0.3 is 14.8 Å². The lowest BCUT2D eigenvalue weighted by molar-refractivity contribution is -0.151. The van der Waals surface area contributed by atoms with Crippen molar-refractivity contribution in [2.45, 2.75) is 32.7 Å². The summed E-state index contributed by atoms with van der Waals surface area (Å²) in [5, 5.41) is 2.97. The zero-order valence-corrected chi connectivity index (χ0v) is 9.55. The van der Waals surface area contributed by atoms with E-state index in [2.05, 4.69) is 5.32 Å². The SMILES string of the molecule is CCOCCC(C)(NC)C(=O)OCC. The van der Waals surface area contributed by atoms with Gasteiger partial charge in [-0.2, -0.15) is 0 Å². The summed E-state index contributed by atoms with van der Waals surface area (Å²) in [5.74, 6) is -0.220. The predicted molar refractivity (Wildman–Crippen MR) is 55.2 cm³/mol. The number of carbonyl (C=O) groups is 1. The third kappa shape index (κ3) is 4.07.